The number of amides is 2. The largest absolute Gasteiger partial charge is 0.364 e. The monoisotopic (exact) mass is 660 g/mol. The Kier molecular flexibility index (Phi) is 9.30. The molecule has 250 valence electrons. The van der Waals surface area contributed by atoms with E-state index in [-0.39, 0.29) is 37.6 Å². The van der Waals surface area contributed by atoms with Gasteiger partial charge in [0.05, 0.1) is 13.1 Å². The lowest BCUT2D eigenvalue weighted by Crippen LogP contribution is -2.35. The van der Waals surface area contributed by atoms with Crippen LogP contribution in [0.5, 0.6) is 0 Å². The minimum Gasteiger partial charge on any atom is -0.364 e. The number of alkyl halides is 4. The Balaban J connectivity index is 1.43. The summed E-state index contributed by atoms with van der Waals surface area (Å²) in [5.74, 6) is -1.37. The molecule has 6 rings (SSSR count). The molecule has 0 fully saturated rings. The van der Waals surface area contributed by atoms with Crippen molar-refractivity contribution in [2.24, 2.45) is 11.5 Å². The zero-order valence-corrected chi connectivity index (χ0v) is 26.7. The van der Waals surface area contributed by atoms with Crippen molar-refractivity contribution in [3.63, 3.8) is 0 Å². The number of nitrogens with zero attached hydrogens (tertiary/aromatic N) is 4. The highest BCUT2D eigenvalue weighted by Gasteiger charge is 2.27. The van der Waals surface area contributed by atoms with Crippen LogP contribution in [0.4, 0.5) is 17.6 Å². The molecule has 0 spiro atoms. The third-order valence-corrected chi connectivity index (χ3v) is 9.30. The third-order valence-electron chi connectivity index (χ3n) is 9.30. The second kappa shape index (κ2) is 13.4. The van der Waals surface area contributed by atoms with E-state index in [2.05, 4.69) is 9.97 Å². The first-order valence-electron chi connectivity index (χ1n) is 15.8. The molecule has 4 N–H and O–H groups in total. The summed E-state index contributed by atoms with van der Waals surface area (Å²) in [5, 5.41) is 0. The molecule has 48 heavy (non-hydrogen) atoms. The smallest absolute Gasteiger partial charge is 0.267 e. The number of benzene rings is 2. The van der Waals surface area contributed by atoms with Gasteiger partial charge in [-0.15, -0.1) is 0 Å². The second-order valence-corrected chi connectivity index (χ2v) is 12.4. The topological polar surface area (TPSA) is 118 Å². The molecule has 0 radical (unpaired) electrons. The quantitative estimate of drug-likeness (QED) is 0.228. The normalized spacial score (nSPS) is 15.1. The number of fused-ring (bicyclic) bond motifs is 2. The van der Waals surface area contributed by atoms with Crippen LogP contribution in [-0.2, 0) is 25.9 Å². The van der Waals surface area contributed by atoms with Gasteiger partial charge in [-0.05, 0) is 70.5 Å². The fraction of sp³-hybridized carbons (Fsp3) is 0.333. The van der Waals surface area contributed by atoms with Crippen LogP contribution < -0.4 is 11.5 Å². The molecule has 2 aliphatic rings. The first-order valence-corrected chi connectivity index (χ1v) is 15.8. The van der Waals surface area contributed by atoms with E-state index in [4.69, 9.17) is 11.5 Å². The first-order chi connectivity index (χ1) is 22.9. The third kappa shape index (κ3) is 6.54. The molecule has 2 amide bonds. The van der Waals surface area contributed by atoms with Gasteiger partial charge in [-0.1, -0.05) is 36.4 Å². The Labute approximate surface area is 275 Å². The van der Waals surface area contributed by atoms with Gasteiger partial charge in [-0.25, -0.2) is 27.5 Å². The Hall–Kier alpha value is -4.68. The summed E-state index contributed by atoms with van der Waals surface area (Å²) in [7, 11) is 0. The maximum atomic E-state index is 13.2. The van der Waals surface area contributed by atoms with Gasteiger partial charge in [0.15, 0.2) is 0 Å². The summed E-state index contributed by atoms with van der Waals surface area (Å²) in [6.45, 7) is 4.57. The van der Waals surface area contributed by atoms with Crippen molar-refractivity contribution in [1.82, 2.24) is 19.8 Å². The standard InChI is InChI=1S/C36H36F4N6O2/c1-19-23(5-3-7-25(19)27-13-21-15-45(17-31(37)38)11-9-29(21)43-33(27)35(41)47)24-6-4-8-26(20(24)2)28-14-22-16-46(18-32(39)40)12-10-30(22)44-34(28)36(42)48/h3-8,13-14,31-32H,9-12,15-18H2,1-2H3,(H2,41,47)(H2,42,48). The first kappa shape index (κ1) is 33.2. The fourth-order valence-electron chi connectivity index (χ4n) is 6.99. The van der Waals surface area contributed by atoms with Crippen molar-refractivity contribution < 1.29 is 27.2 Å². The number of halogens is 4. The minimum atomic E-state index is -2.46. The molecule has 0 unspecified atom stereocenters. The average Bonchev–Trinajstić information content (AvgIpc) is 3.03. The van der Waals surface area contributed by atoms with Gasteiger partial charge in [-0.3, -0.25) is 19.4 Å². The maximum absolute atomic E-state index is 13.2. The van der Waals surface area contributed by atoms with Crippen molar-refractivity contribution >= 4 is 11.8 Å². The number of nitrogens with two attached hydrogens (primary N) is 2. The van der Waals surface area contributed by atoms with Gasteiger partial charge < -0.3 is 11.5 Å². The SMILES string of the molecule is Cc1c(-c2cc3c(nc2C(N)=O)CCN(CC(F)F)C3)cccc1-c1cccc(-c2cc3c(nc2C(N)=O)CCN(CC(F)F)C3)c1C. The van der Waals surface area contributed by atoms with Crippen LogP contribution in [0.1, 0.15) is 54.6 Å². The van der Waals surface area contributed by atoms with E-state index in [1.165, 1.54) is 0 Å². The molecule has 4 heterocycles. The van der Waals surface area contributed by atoms with Crippen LogP contribution in [0, 0.1) is 13.8 Å². The van der Waals surface area contributed by atoms with Gasteiger partial charge >= 0.3 is 0 Å². The lowest BCUT2D eigenvalue weighted by Gasteiger charge is -2.29. The minimum absolute atomic E-state index is 0.119. The summed E-state index contributed by atoms with van der Waals surface area (Å²) >= 11 is 0. The molecule has 4 aromatic rings. The predicted molar refractivity (Wildman–Crippen MR) is 175 cm³/mol. The van der Waals surface area contributed by atoms with Crippen LogP contribution in [0.3, 0.4) is 0 Å². The zero-order valence-electron chi connectivity index (χ0n) is 26.7. The number of pyridine rings is 2. The molecule has 0 saturated carbocycles. The molecule has 12 heteroatoms. The summed E-state index contributed by atoms with van der Waals surface area (Å²) in [4.78, 5) is 37.9. The van der Waals surface area contributed by atoms with E-state index in [9.17, 15) is 27.2 Å². The molecular formula is C36H36F4N6O2. The van der Waals surface area contributed by atoms with E-state index in [1.807, 2.05) is 62.4 Å². The number of primary amides is 2. The molecule has 8 nitrogen and oxygen atoms in total. The van der Waals surface area contributed by atoms with Gasteiger partial charge in [0.25, 0.3) is 24.7 Å². The Bertz CT molecular complexity index is 1780. The molecule has 0 aliphatic carbocycles. The van der Waals surface area contributed by atoms with E-state index in [1.54, 1.807) is 9.80 Å². The molecule has 2 aromatic heterocycles. The van der Waals surface area contributed by atoms with Crippen LogP contribution in [0.25, 0.3) is 33.4 Å². The van der Waals surface area contributed by atoms with Crippen molar-refractivity contribution in [2.75, 3.05) is 26.2 Å². The summed E-state index contributed by atoms with van der Waals surface area (Å²) in [6, 6.07) is 15.1. The van der Waals surface area contributed by atoms with E-state index < -0.39 is 24.7 Å². The summed E-state index contributed by atoms with van der Waals surface area (Å²) in [5.41, 5.74) is 20.6. The molecule has 2 aromatic carbocycles. The van der Waals surface area contributed by atoms with Gasteiger partial charge in [-0.2, -0.15) is 0 Å². The number of hydrogen-bond acceptors (Lipinski definition) is 6. The van der Waals surface area contributed by atoms with Gasteiger partial charge in [0.2, 0.25) is 0 Å². The molecule has 2 aliphatic heterocycles. The second-order valence-electron chi connectivity index (χ2n) is 12.4. The average molecular weight is 661 g/mol. The lowest BCUT2D eigenvalue weighted by atomic mass is 9.86. The van der Waals surface area contributed by atoms with Crippen molar-refractivity contribution in [1.29, 1.82) is 0 Å². The zero-order chi connectivity index (χ0) is 34.3. The Morgan fingerprint density at radius 3 is 1.35 bits per heavy atom. The molecular weight excluding hydrogens is 624 g/mol. The highest BCUT2D eigenvalue weighted by molar-refractivity contribution is 6.00. The highest BCUT2D eigenvalue weighted by atomic mass is 19.3. The molecule has 0 atom stereocenters. The van der Waals surface area contributed by atoms with Gasteiger partial charge in [0.1, 0.15) is 11.4 Å². The Morgan fingerprint density at radius 2 is 1.02 bits per heavy atom. The number of carbonyl (C=O) groups excluding carboxylic acids is 2. The number of hydrogen-bond donors (Lipinski definition) is 2. The van der Waals surface area contributed by atoms with Crippen molar-refractivity contribution in [2.45, 2.75) is 52.6 Å². The maximum Gasteiger partial charge on any atom is 0.267 e. The number of carbonyl (C=O) groups is 2. The van der Waals surface area contributed by atoms with Crippen LogP contribution in [0.15, 0.2) is 48.5 Å². The summed E-state index contributed by atoms with van der Waals surface area (Å²) in [6.07, 6.45) is -4.05. The molecule has 0 saturated heterocycles. The predicted octanol–water partition coefficient (Wildman–Crippen LogP) is 5.54. The number of rotatable bonds is 9. The van der Waals surface area contributed by atoms with Crippen molar-refractivity contribution in [3.8, 4) is 33.4 Å². The molecule has 0 bridgehead atoms. The highest BCUT2D eigenvalue weighted by Crippen LogP contribution is 2.39. The van der Waals surface area contributed by atoms with Crippen LogP contribution in [-0.4, -0.2) is 70.6 Å². The van der Waals surface area contributed by atoms with E-state index in [0.29, 0.717) is 48.4 Å². The van der Waals surface area contributed by atoms with E-state index >= 15 is 0 Å². The lowest BCUT2D eigenvalue weighted by molar-refractivity contribution is 0.0812. The van der Waals surface area contributed by atoms with Crippen LogP contribution in [0.2, 0.25) is 0 Å². The van der Waals surface area contributed by atoms with Crippen molar-refractivity contribution in [3.05, 3.63) is 93.6 Å². The number of aromatic nitrogens is 2. The van der Waals surface area contributed by atoms with Gasteiger partial charge in [0, 0.05) is 61.5 Å². The van der Waals surface area contributed by atoms with Crippen LogP contribution >= 0.6 is 0 Å². The van der Waals surface area contributed by atoms with E-state index in [0.717, 1.165) is 44.5 Å². The fourth-order valence-corrected chi connectivity index (χ4v) is 6.99. The Morgan fingerprint density at radius 1 is 0.667 bits per heavy atom. The summed E-state index contributed by atoms with van der Waals surface area (Å²) < 4.78 is 52.6.